The summed E-state index contributed by atoms with van der Waals surface area (Å²) in [4.78, 5) is 4.81. The van der Waals surface area contributed by atoms with E-state index >= 15 is 0 Å². The average molecular weight is 338 g/mol. The number of para-hydroxylation sites is 2. The standard InChI is InChI=1S/C20H23FN4/c1-14-12-22-11-10-17(14)23-20-24-18-4-2-3-5-19(18)25(20)13-15-6-8-16(21)9-7-15/h2-9,14,17,22H,10-13H2,1H3,(H,23,24). The second kappa shape index (κ2) is 6.84. The molecule has 25 heavy (non-hydrogen) atoms. The first-order valence-corrected chi connectivity index (χ1v) is 8.87. The maximum absolute atomic E-state index is 13.2. The number of nitrogens with one attached hydrogen (secondary N) is 2. The van der Waals surface area contributed by atoms with E-state index in [2.05, 4.69) is 28.2 Å². The van der Waals surface area contributed by atoms with E-state index in [-0.39, 0.29) is 5.82 Å². The van der Waals surface area contributed by atoms with Gasteiger partial charge in [0, 0.05) is 6.04 Å². The first kappa shape index (κ1) is 16.1. The lowest BCUT2D eigenvalue weighted by atomic mass is 9.95. The number of anilines is 1. The number of halogens is 1. The minimum atomic E-state index is -0.207. The molecule has 2 aromatic carbocycles. The zero-order chi connectivity index (χ0) is 17.2. The molecule has 130 valence electrons. The van der Waals surface area contributed by atoms with Gasteiger partial charge in [0.2, 0.25) is 5.95 Å². The molecule has 0 spiro atoms. The molecule has 1 aliphatic rings. The Morgan fingerprint density at radius 2 is 2.00 bits per heavy atom. The zero-order valence-electron chi connectivity index (χ0n) is 14.4. The molecule has 2 N–H and O–H groups in total. The monoisotopic (exact) mass is 338 g/mol. The Kier molecular flexibility index (Phi) is 4.40. The summed E-state index contributed by atoms with van der Waals surface area (Å²) in [5.74, 6) is 1.23. The normalized spacial score (nSPS) is 20.7. The summed E-state index contributed by atoms with van der Waals surface area (Å²) < 4.78 is 15.4. The molecule has 0 amide bonds. The van der Waals surface area contributed by atoms with Gasteiger partial charge in [0.25, 0.3) is 0 Å². The predicted octanol–water partition coefficient (Wildman–Crippen LogP) is 3.63. The number of nitrogens with zero attached hydrogens (tertiary/aromatic N) is 2. The van der Waals surface area contributed by atoms with Gasteiger partial charge in [-0.15, -0.1) is 0 Å². The molecule has 5 heteroatoms. The average Bonchev–Trinajstić information content (AvgIpc) is 2.96. The van der Waals surface area contributed by atoms with Crippen molar-refractivity contribution in [3.8, 4) is 0 Å². The van der Waals surface area contributed by atoms with Crippen LogP contribution < -0.4 is 10.6 Å². The summed E-state index contributed by atoms with van der Waals surface area (Å²) in [6.07, 6.45) is 1.08. The van der Waals surface area contributed by atoms with Crippen molar-refractivity contribution >= 4 is 17.0 Å². The summed E-state index contributed by atoms with van der Waals surface area (Å²) in [5.41, 5.74) is 3.13. The number of rotatable bonds is 4. The number of aromatic nitrogens is 2. The third kappa shape index (κ3) is 3.37. The van der Waals surface area contributed by atoms with E-state index in [1.165, 1.54) is 12.1 Å². The number of benzene rings is 2. The molecule has 0 saturated carbocycles. The quantitative estimate of drug-likeness (QED) is 0.763. The van der Waals surface area contributed by atoms with Gasteiger partial charge in [-0.25, -0.2) is 9.37 Å². The summed E-state index contributed by atoms with van der Waals surface area (Å²) in [5, 5.41) is 7.09. The van der Waals surface area contributed by atoms with Crippen molar-refractivity contribution in [2.45, 2.75) is 25.9 Å². The highest BCUT2D eigenvalue weighted by Crippen LogP contribution is 2.24. The highest BCUT2D eigenvalue weighted by atomic mass is 19.1. The number of imidazole rings is 1. The first-order chi connectivity index (χ1) is 12.2. The highest BCUT2D eigenvalue weighted by molar-refractivity contribution is 5.78. The van der Waals surface area contributed by atoms with Gasteiger partial charge >= 0.3 is 0 Å². The van der Waals surface area contributed by atoms with Crippen LogP contribution in [0.3, 0.4) is 0 Å². The number of piperidine rings is 1. The van der Waals surface area contributed by atoms with Crippen LogP contribution in [0.5, 0.6) is 0 Å². The van der Waals surface area contributed by atoms with Crippen LogP contribution in [0, 0.1) is 11.7 Å². The van der Waals surface area contributed by atoms with E-state index in [0.29, 0.717) is 18.5 Å². The summed E-state index contributed by atoms with van der Waals surface area (Å²) in [6, 6.07) is 15.3. The highest BCUT2D eigenvalue weighted by Gasteiger charge is 2.23. The van der Waals surface area contributed by atoms with Crippen LogP contribution in [-0.2, 0) is 6.54 Å². The maximum atomic E-state index is 13.2. The molecule has 0 bridgehead atoms. The fraction of sp³-hybridized carbons (Fsp3) is 0.350. The maximum Gasteiger partial charge on any atom is 0.204 e. The minimum absolute atomic E-state index is 0.207. The smallest absolute Gasteiger partial charge is 0.204 e. The van der Waals surface area contributed by atoms with Crippen molar-refractivity contribution in [2.24, 2.45) is 5.92 Å². The van der Waals surface area contributed by atoms with Crippen molar-refractivity contribution in [3.63, 3.8) is 0 Å². The summed E-state index contributed by atoms with van der Waals surface area (Å²) in [6.45, 7) is 4.98. The van der Waals surface area contributed by atoms with E-state index in [1.54, 1.807) is 0 Å². The van der Waals surface area contributed by atoms with Gasteiger partial charge in [0.15, 0.2) is 0 Å². The molecule has 1 aliphatic heterocycles. The van der Waals surface area contributed by atoms with Crippen molar-refractivity contribution in [2.75, 3.05) is 18.4 Å². The van der Waals surface area contributed by atoms with E-state index in [1.807, 2.05) is 30.3 Å². The van der Waals surface area contributed by atoms with Gasteiger partial charge in [-0.2, -0.15) is 0 Å². The molecule has 1 saturated heterocycles. The molecule has 1 aromatic heterocycles. The lowest BCUT2D eigenvalue weighted by molar-refractivity contribution is 0.366. The fourth-order valence-electron chi connectivity index (χ4n) is 3.51. The van der Waals surface area contributed by atoms with Gasteiger partial charge in [-0.05, 0) is 55.3 Å². The van der Waals surface area contributed by atoms with Gasteiger partial charge < -0.3 is 15.2 Å². The van der Waals surface area contributed by atoms with E-state index in [4.69, 9.17) is 4.98 Å². The molecule has 0 radical (unpaired) electrons. The van der Waals surface area contributed by atoms with Crippen molar-refractivity contribution in [1.29, 1.82) is 0 Å². The molecule has 3 aromatic rings. The molecule has 2 unspecified atom stereocenters. The van der Waals surface area contributed by atoms with E-state index in [0.717, 1.165) is 42.1 Å². The topological polar surface area (TPSA) is 41.9 Å². The Bertz CT molecular complexity index is 856. The van der Waals surface area contributed by atoms with E-state index in [9.17, 15) is 4.39 Å². The summed E-state index contributed by atoms with van der Waals surface area (Å²) >= 11 is 0. The number of fused-ring (bicyclic) bond motifs is 1. The van der Waals surface area contributed by atoms with Crippen LogP contribution in [0.1, 0.15) is 18.9 Å². The zero-order valence-corrected chi connectivity index (χ0v) is 14.4. The van der Waals surface area contributed by atoms with Crippen molar-refractivity contribution in [3.05, 3.63) is 59.9 Å². The third-order valence-corrected chi connectivity index (χ3v) is 5.01. The Morgan fingerprint density at radius 1 is 1.20 bits per heavy atom. The van der Waals surface area contributed by atoms with Crippen LogP contribution in [0.25, 0.3) is 11.0 Å². The van der Waals surface area contributed by atoms with Crippen molar-refractivity contribution < 1.29 is 4.39 Å². The van der Waals surface area contributed by atoms with Gasteiger partial charge in [-0.1, -0.05) is 31.2 Å². The molecule has 2 heterocycles. The lowest BCUT2D eigenvalue weighted by Gasteiger charge is -2.30. The van der Waals surface area contributed by atoms with Crippen molar-refractivity contribution in [1.82, 2.24) is 14.9 Å². The Balaban J connectivity index is 1.68. The van der Waals surface area contributed by atoms with Crippen LogP contribution in [-0.4, -0.2) is 28.7 Å². The minimum Gasteiger partial charge on any atom is -0.353 e. The molecule has 4 rings (SSSR count). The first-order valence-electron chi connectivity index (χ1n) is 8.87. The summed E-state index contributed by atoms with van der Waals surface area (Å²) in [7, 11) is 0. The van der Waals surface area contributed by atoms with Crippen LogP contribution in [0.15, 0.2) is 48.5 Å². The largest absolute Gasteiger partial charge is 0.353 e. The molecule has 1 fully saturated rings. The number of hydrogen-bond donors (Lipinski definition) is 2. The second-order valence-electron chi connectivity index (χ2n) is 6.86. The lowest BCUT2D eigenvalue weighted by Crippen LogP contribution is -2.42. The van der Waals surface area contributed by atoms with Crippen LogP contribution >= 0.6 is 0 Å². The van der Waals surface area contributed by atoms with E-state index < -0.39 is 0 Å². The molecular weight excluding hydrogens is 315 g/mol. The molecule has 2 atom stereocenters. The van der Waals surface area contributed by atoms with Crippen LogP contribution in [0.2, 0.25) is 0 Å². The number of hydrogen-bond acceptors (Lipinski definition) is 3. The molecule has 4 nitrogen and oxygen atoms in total. The Morgan fingerprint density at radius 3 is 2.80 bits per heavy atom. The Hall–Kier alpha value is -2.40. The molecular formula is C20H23FN4. The van der Waals surface area contributed by atoms with Gasteiger partial charge in [0.1, 0.15) is 5.82 Å². The second-order valence-corrected chi connectivity index (χ2v) is 6.86. The Labute approximate surface area is 147 Å². The predicted molar refractivity (Wildman–Crippen MR) is 99.3 cm³/mol. The SMILES string of the molecule is CC1CNCCC1Nc1nc2ccccc2n1Cc1ccc(F)cc1. The molecule has 0 aliphatic carbocycles. The third-order valence-electron chi connectivity index (χ3n) is 5.01. The van der Waals surface area contributed by atoms with Gasteiger partial charge in [-0.3, -0.25) is 0 Å². The fourth-order valence-corrected chi connectivity index (χ4v) is 3.51. The van der Waals surface area contributed by atoms with Gasteiger partial charge in [0.05, 0.1) is 17.6 Å². The van der Waals surface area contributed by atoms with Crippen LogP contribution in [0.4, 0.5) is 10.3 Å².